The Bertz CT molecular complexity index is 2420. The van der Waals surface area contributed by atoms with Gasteiger partial charge in [0.15, 0.2) is 0 Å². The molecule has 0 aliphatic rings. The van der Waals surface area contributed by atoms with Crippen LogP contribution in [0.15, 0.2) is 150 Å². The van der Waals surface area contributed by atoms with Gasteiger partial charge in [-0.15, -0.1) is 0 Å². The van der Waals surface area contributed by atoms with Crippen molar-refractivity contribution in [2.24, 2.45) is 0 Å². The average Bonchev–Trinajstić information content (AvgIpc) is 3.63. The Morgan fingerprint density at radius 2 is 1.18 bits per heavy atom. The van der Waals surface area contributed by atoms with Crippen LogP contribution in [-0.4, -0.2) is 19.5 Å². The third-order valence-corrected chi connectivity index (χ3v) is 8.29. The second-order valence-electron chi connectivity index (χ2n) is 10.9. The summed E-state index contributed by atoms with van der Waals surface area (Å²) in [6.45, 7) is 0. The van der Waals surface area contributed by atoms with E-state index in [1.54, 1.807) is 12.4 Å². The van der Waals surface area contributed by atoms with E-state index in [4.69, 9.17) is 9.40 Å². The van der Waals surface area contributed by atoms with E-state index in [0.717, 1.165) is 67.0 Å². The lowest BCUT2D eigenvalue weighted by Gasteiger charge is -2.10. The molecular formula is C39H24N4O. The molecule has 0 saturated carbocycles. The van der Waals surface area contributed by atoms with Gasteiger partial charge in [0.25, 0.3) is 0 Å². The van der Waals surface area contributed by atoms with Crippen molar-refractivity contribution in [1.29, 1.82) is 0 Å². The van der Waals surface area contributed by atoms with Crippen LogP contribution >= 0.6 is 0 Å². The molecule has 0 fully saturated rings. The maximum absolute atomic E-state index is 6.59. The molecule has 44 heavy (non-hydrogen) atoms. The molecular weight excluding hydrogens is 540 g/mol. The van der Waals surface area contributed by atoms with E-state index >= 15 is 0 Å². The van der Waals surface area contributed by atoms with Gasteiger partial charge in [-0.2, -0.15) is 0 Å². The van der Waals surface area contributed by atoms with Gasteiger partial charge < -0.3 is 8.98 Å². The molecule has 5 nitrogen and oxygen atoms in total. The number of pyridine rings is 3. The van der Waals surface area contributed by atoms with Crippen molar-refractivity contribution in [2.45, 2.75) is 0 Å². The summed E-state index contributed by atoms with van der Waals surface area (Å²) in [7, 11) is 0. The van der Waals surface area contributed by atoms with Crippen molar-refractivity contribution < 1.29 is 4.42 Å². The molecule has 9 aromatic rings. The SMILES string of the molecule is c1ccc(-n2c3ccccc3c3cc4c(cc32)oc2cccc(-c3cc(-c5ccccn5)nc(-c5ccccn5)c3)c24)cc1. The first kappa shape index (κ1) is 24.5. The van der Waals surface area contributed by atoms with Crippen LogP contribution in [0.3, 0.4) is 0 Å². The largest absolute Gasteiger partial charge is 0.456 e. The minimum atomic E-state index is 0.793. The number of hydrogen-bond donors (Lipinski definition) is 0. The van der Waals surface area contributed by atoms with Crippen molar-refractivity contribution in [3.63, 3.8) is 0 Å². The minimum absolute atomic E-state index is 0.793. The summed E-state index contributed by atoms with van der Waals surface area (Å²) in [4.78, 5) is 14.2. The van der Waals surface area contributed by atoms with Gasteiger partial charge >= 0.3 is 0 Å². The monoisotopic (exact) mass is 564 g/mol. The van der Waals surface area contributed by atoms with Crippen LogP contribution in [0.5, 0.6) is 0 Å². The first-order chi connectivity index (χ1) is 21.8. The Labute approximate surface area is 252 Å². The first-order valence-corrected chi connectivity index (χ1v) is 14.6. The zero-order chi connectivity index (χ0) is 29.0. The number of fused-ring (bicyclic) bond motifs is 6. The average molecular weight is 565 g/mol. The van der Waals surface area contributed by atoms with E-state index in [1.807, 2.05) is 48.5 Å². The Hall–Kier alpha value is -6.07. The number of nitrogens with zero attached hydrogens (tertiary/aromatic N) is 4. The molecule has 0 spiro atoms. The fraction of sp³-hybridized carbons (Fsp3) is 0. The molecule has 9 rings (SSSR count). The Balaban J connectivity index is 1.34. The predicted octanol–water partition coefficient (Wildman–Crippen LogP) is 9.87. The summed E-state index contributed by atoms with van der Waals surface area (Å²) in [6.07, 6.45) is 3.59. The first-order valence-electron chi connectivity index (χ1n) is 14.6. The maximum atomic E-state index is 6.59. The number of para-hydroxylation sites is 2. The fourth-order valence-electron chi connectivity index (χ4n) is 6.36. The molecule has 206 valence electrons. The predicted molar refractivity (Wildman–Crippen MR) is 178 cm³/mol. The standard InChI is InChI=1S/C39H24N4O/c1-2-11-26(12-3-1)43-35-17-5-4-13-28(35)29-23-30-38(24-36(29)43)44-37-18-10-14-27(39(30)37)25-21-33(31-15-6-8-19-40-31)42-34(22-25)32-16-7-9-20-41-32/h1-24H. The molecule has 4 aromatic carbocycles. The topological polar surface area (TPSA) is 56.7 Å². The van der Waals surface area contributed by atoms with Crippen LogP contribution in [0.4, 0.5) is 0 Å². The Kier molecular flexibility index (Phi) is 5.43. The fourth-order valence-corrected chi connectivity index (χ4v) is 6.36. The van der Waals surface area contributed by atoms with Crippen molar-refractivity contribution in [3.05, 3.63) is 146 Å². The molecule has 5 heterocycles. The van der Waals surface area contributed by atoms with Crippen molar-refractivity contribution in [3.8, 4) is 39.6 Å². The summed E-state index contributed by atoms with van der Waals surface area (Å²) < 4.78 is 8.90. The molecule has 5 heteroatoms. The van der Waals surface area contributed by atoms with E-state index in [-0.39, 0.29) is 0 Å². The summed E-state index contributed by atoms with van der Waals surface area (Å²) in [6, 6.07) is 45.8. The van der Waals surface area contributed by atoms with E-state index in [1.165, 1.54) is 16.3 Å². The Morgan fingerprint density at radius 1 is 0.477 bits per heavy atom. The van der Waals surface area contributed by atoms with E-state index in [9.17, 15) is 0 Å². The number of benzene rings is 4. The lowest BCUT2D eigenvalue weighted by Crippen LogP contribution is -1.94. The van der Waals surface area contributed by atoms with Crippen molar-refractivity contribution >= 4 is 43.7 Å². The van der Waals surface area contributed by atoms with Crippen molar-refractivity contribution in [1.82, 2.24) is 19.5 Å². The maximum Gasteiger partial charge on any atom is 0.137 e. The van der Waals surface area contributed by atoms with Crippen molar-refractivity contribution in [2.75, 3.05) is 0 Å². The summed E-state index contributed by atoms with van der Waals surface area (Å²) in [5.74, 6) is 0. The molecule has 0 atom stereocenters. The lowest BCUT2D eigenvalue weighted by atomic mass is 9.97. The molecule has 0 aliphatic carbocycles. The van der Waals surface area contributed by atoms with Crippen LogP contribution in [0.1, 0.15) is 0 Å². The zero-order valence-corrected chi connectivity index (χ0v) is 23.6. The van der Waals surface area contributed by atoms with Crippen LogP contribution < -0.4 is 0 Å². The molecule has 5 aromatic heterocycles. The highest BCUT2D eigenvalue weighted by Gasteiger charge is 2.19. The van der Waals surface area contributed by atoms with Gasteiger partial charge in [-0.25, -0.2) is 4.98 Å². The molecule has 0 amide bonds. The molecule has 0 bridgehead atoms. The number of hydrogen-bond acceptors (Lipinski definition) is 4. The normalized spacial score (nSPS) is 11.6. The molecule has 0 aliphatic heterocycles. The summed E-state index contributed by atoms with van der Waals surface area (Å²) >= 11 is 0. The van der Waals surface area contributed by atoms with Gasteiger partial charge in [-0.3, -0.25) is 9.97 Å². The van der Waals surface area contributed by atoms with Gasteiger partial charge in [0, 0.05) is 45.7 Å². The van der Waals surface area contributed by atoms with E-state index < -0.39 is 0 Å². The number of aromatic nitrogens is 4. The summed E-state index contributed by atoms with van der Waals surface area (Å²) in [5, 5.41) is 4.55. The van der Waals surface area contributed by atoms with Crippen LogP contribution in [0.2, 0.25) is 0 Å². The number of furan rings is 1. The molecule has 0 unspecified atom stereocenters. The third kappa shape index (κ3) is 3.83. The van der Waals surface area contributed by atoms with Crippen LogP contribution in [0, 0.1) is 0 Å². The smallest absolute Gasteiger partial charge is 0.137 e. The van der Waals surface area contributed by atoms with E-state index in [2.05, 4.69) is 99.5 Å². The van der Waals surface area contributed by atoms with Gasteiger partial charge in [-0.1, -0.05) is 60.7 Å². The molecule has 0 radical (unpaired) electrons. The highest BCUT2D eigenvalue weighted by Crippen LogP contribution is 2.42. The highest BCUT2D eigenvalue weighted by molar-refractivity contribution is 6.20. The van der Waals surface area contributed by atoms with Gasteiger partial charge in [0.1, 0.15) is 11.2 Å². The minimum Gasteiger partial charge on any atom is -0.456 e. The molecule has 0 saturated heterocycles. The van der Waals surface area contributed by atoms with Crippen LogP contribution in [0.25, 0.3) is 83.3 Å². The highest BCUT2D eigenvalue weighted by atomic mass is 16.3. The second kappa shape index (κ2) is 9.75. The second-order valence-corrected chi connectivity index (χ2v) is 10.9. The summed E-state index contributed by atoms with van der Waals surface area (Å²) in [5.41, 5.74) is 10.4. The Morgan fingerprint density at radius 3 is 1.91 bits per heavy atom. The van der Waals surface area contributed by atoms with Gasteiger partial charge in [0.2, 0.25) is 0 Å². The van der Waals surface area contributed by atoms with Gasteiger partial charge in [0.05, 0.1) is 33.8 Å². The number of rotatable bonds is 4. The van der Waals surface area contributed by atoms with Gasteiger partial charge in [-0.05, 0) is 77.9 Å². The lowest BCUT2D eigenvalue weighted by molar-refractivity contribution is 0.669. The quantitative estimate of drug-likeness (QED) is 0.213. The molecule has 0 N–H and O–H groups in total. The zero-order valence-electron chi connectivity index (χ0n) is 23.6. The van der Waals surface area contributed by atoms with E-state index in [0.29, 0.717) is 0 Å². The third-order valence-electron chi connectivity index (χ3n) is 8.29. The van der Waals surface area contributed by atoms with Crippen LogP contribution in [-0.2, 0) is 0 Å².